The maximum atomic E-state index is 11.7. The van der Waals surface area contributed by atoms with E-state index in [4.69, 9.17) is 16.0 Å². The number of benzene rings is 9. The van der Waals surface area contributed by atoms with Crippen LogP contribution >= 0.6 is 0 Å². The van der Waals surface area contributed by atoms with E-state index in [9.17, 15) is 5.26 Å². The van der Waals surface area contributed by atoms with Gasteiger partial charge in [0.05, 0.1) is 51.8 Å². The lowest BCUT2D eigenvalue weighted by molar-refractivity contribution is 0.669. The number of fused-ring (bicyclic) bond motifs is 9. The van der Waals surface area contributed by atoms with Crippen LogP contribution in [0, 0.1) is 17.9 Å². The number of nitriles is 1. The van der Waals surface area contributed by atoms with Crippen molar-refractivity contribution in [3.05, 3.63) is 193 Å². The molecule has 4 aromatic heterocycles. The molecule has 0 aliphatic rings. The number of rotatable bonds is 4. The topological polar surface area (TPSA) is 64.0 Å². The van der Waals surface area contributed by atoms with Crippen LogP contribution in [0.25, 0.3) is 126 Å². The first-order valence-electron chi connectivity index (χ1n) is 20.2. The monoisotopic (exact) mass is 775 g/mol. The molecule has 0 atom stereocenters. The van der Waals surface area contributed by atoms with Crippen molar-refractivity contribution in [2.45, 2.75) is 0 Å². The van der Waals surface area contributed by atoms with Crippen molar-refractivity contribution in [2.75, 3.05) is 0 Å². The Balaban J connectivity index is 1.32. The van der Waals surface area contributed by atoms with Crippen molar-refractivity contribution in [3.8, 4) is 39.7 Å². The van der Waals surface area contributed by atoms with Crippen LogP contribution in [0.1, 0.15) is 5.56 Å². The van der Waals surface area contributed by atoms with E-state index in [2.05, 4.69) is 111 Å². The quantitative estimate of drug-likeness (QED) is 0.132. The van der Waals surface area contributed by atoms with E-state index in [1.807, 2.05) is 85.2 Å². The van der Waals surface area contributed by atoms with E-state index in [1.165, 1.54) is 0 Å². The maximum Gasteiger partial charge on any atom is 0.220 e. The first-order valence-corrected chi connectivity index (χ1v) is 20.2. The summed E-state index contributed by atoms with van der Waals surface area (Å²) in [6, 6.07) is 58.7. The Morgan fingerprint density at radius 1 is 0.475 bits per heavy atom. The molecule has 0 spiro atoms. The third-order valence-corrected chi connectivity index (χ3v) is 12.6. The largest absolute Gasteiger partial charge is 0.456 e. The molecular formula is C55H29N5O. The highest BCUT2D eigenvalue weighted by Gasteiger charge is 2.32. The molecule has 0 aliphatic heterocycles. The predicted molar refractivity (Wildman–Crippen MR) is 248 cm³/mol. The Hall–Kier alpha value is -8.71. The Morgan fingerprint density at radius 2 is 1.08 bits per heavy atom. The second-order valence-corrected chi connectivity index (χ2v) is 15.6. The number of hydrogen-bond donors (Lipinski definition) is 0. The van der Waals surface area contributed by atoms with Gasteiger partial charge in [-0.25, -0.2) is 4.85 Å². The summed E-state index contributed by atoms with van der Waals surface area (Å²) < 4.78 is 11.0. The number of furan rings is 1. The molecule has 0 unspecified atom stereocenters. The van der Waals surface area contributed by atoms with Gasteiger partial charge in [-0.3, -0.25) is 4.98 Å². The van der Waals surface area contributed by atoms with Crippen molar-refractivity contribution >= 4 is 92.8 Å². The summed E-state index contributed by atoms with van der Waals surface area (Å²) in [6.45, 7) is 9.15. The van der Waals surface area contributed by atoms with Gasteiger partial charge in [0.2, 0.25) is 5.69 Å². The Labute approximate surface area is 348 Å². The van der Waals surface area contributed by atoms with Crippen LogP contribution in [0.2, 0.25) is 0 Å². The molecule has 0 aliphatic carbocycles. The predicted octanol–water partition coefficient (Wildman–Crippen LogP) is 14.7. The Bertz CT molecular complexity index is 3980. The first-order chi connectivity index (χ1) is 30.2. The molecule has 9 aromatic carbocycles. The average Bonchev–Trinajstić information content (AvgIpc) is 3.97. The number of nitrogens with zero attached hydrogens (tertiary/aromatic N) is 5. The summed E-state index contributed by atoms with van der Waals surface area (Å²) in [6.07, 6.45) is 3.90. The zero-order valence-electron chi connectivity index (χ0n) is 32.4. The van der Waals surface area contributed by atoms with E-state index in [0.29, 0.717) is 28.2 Å². The molecule has 4 heterocycles. The number of pyridine rings is 1. The third-order valence-electron chi connectivity index (χ3n) is 12.6. The minimum atomic E-state index is 0.390. The minimum Gasteiger partial charge on any atom is -0.456 e. The molecule has 0 saturated carbocycles. The van der Waals surface area contributed by atoms with Crippen molar-refractivity contribution in [1.82, 2.24) is 14.1 Å². The normalized spacial score (nSPS) is 11.9. The lowest BCUT2D eigenvalue weighted by atomic mass is 9.88. The first kappa shape index (κ1) is 33.3. The van der Waals surface area contributed by atoms with Crippen molar-refractivity contribution in [1.29, 1.82) is 5.26 Å². The molecule has 61 heavy (non-hydrogen) atoms. The average molecular weight is 776 g/mol. The fourth-order valence-corrected chi connectivity index (χ4v) is 10.2. The summed E-state index contributed by atoms with van der Waals surface area (Å²) >= 11 is 0. The third kappa shape index (κ3) is 4.40. The van der Waals surface area contributed by atoms with Gasteiger partial charge in [0.15, 0.2) is 0 Å². The smallest absolute Gasteiger partial charge is 0.220 e. The molecule has 0 bridgehead atoms. The maximum absolute atomic E-state index is 11.7. The summed E-state index contributed by atoms with van der Waals surface area (Å²) in [5.74, 6) is 0. The molecule has 280 valence electrons. The SMILES string of the molecule is [C-]#[N+]c1c(-c2ccccc2)c(C#N)c(-n2c3ccccc3c3cc4oc5ccccc5c4cc32)c(-c2ccccc2)c1-n1c2cccc3c4ccccc4c4cncc1c4c32. The number of hydrogen-bond acceptors (Lipinski definition) is 3. The van der Waals surface area contributed by atoms with Gasteiger partial charge in [0, 0.05) is 55.0 Å². The fourth-order valence-electron chi connectivity index (χ4n) is 10.2. The Morgan fingerprint density at radius 3 is 1.84 bits per heavy atom. The lowest BCUT2D eigenvalue weighted by Gasteiger charge is -2.25. The van der Waals surface area contributed by atoms with Crippen LogP contribution in [0.15, 0.2) is 181 Å². The lowest BCUT2D eigenvalue weighted by Crippen LogP contribution is -2.08. The molecule has 0 N–H and O–H groups in total. The molecule has 0 fully saturated rings. The van der Waals surface area contributed by atoms with Crippen LogP contribution in [-0.4, -0.2) is 14.1 Å². The van der Waals surface area contributed by atoms with E-state index in [-0.39, 0.29) is 0 Å². The molecule has 0 amide bonds. The Kier molecular flexibility index (Phi) is 6.76. The van der Waals surface area contributed by atoms with Crippen LogP contribution in [0.3, 0.4) is 0 Å². The second-order valence-electron chi connectivity index (χ2n) is 15.6. The zero-order valence-corrected chi connectivity index (χ0v) is 32.4. The second kappa shape index (κ2) is 12.4. The minimum absolute atomic E-state index is 0.390. The van der Waals surface area contributed by atoms with Gasteiger partial charge in [-0.15, -0.1) is 0 Å². The van der Waals surface area contributed by atoms with Gasteiger partial charge in [-0.2, -0.15) is 5.26 Å². The van der Waals surface area contributed by atoms with Gasteiger partial charge < -0.3 is 13.6 Å². The molecule has 6 heteroatoms. The van der Waals surface area contributed by atoms with Gasteiger partial charge in [0.1, 0.15) is 17.2 Å². The highest BCUT2D eigenvalue weighted by Crippen LogP contribution is 2.53. The molecule has 13 aromatic rings. The van der Waals surface area contributed by atoms with E-state index >= 15 is 0 Å². The van der Waals surface area contributed by atoms with E-state index < -0.39 is 0 Å². The fraction of sp³-hybridized carbons (Fsp3) is 0. The molecule has 0 radical (unpaired) electrons. The van der Waals surface area contributed by atoms with Crippen LogP contribution < -0.4 is 0 Å². The molecule has 13 rings (SSSR count). The number of para-hydroxylation sites is 2. The molecule has 6 nitrogen and oxygen atoms in total. The standard InChI is InChI=1S/C55H29N5O/c1-57-53-49(32-15-4-2-5-16-32)41(29-56)54(59-43-24-12-10-21-36(43)39-28-48-40(27-45(39)59)37-22-11-13-26-47(37)61-48)50(33-17-6-3-7-18-33)55(53)60-44-25-14-23-38-34-19-8-9-20-35(34)42-30-58-31-46(60)52(42)51(38)44/h2-28,30-31H. The summed E-state index contributed by atoms with van der Waals surface area (Å²) in [4.78, 5) is 9.37. The zero-order chi connectivity index (χ0) is 40.3. The van der Waals surface area contributed by atoms with Gasteiger partial charge in [-0.1, -0.05) is 133 Å². The van der Waals surface area contributed by atoms with Crippen LogP contribution in [0.5, 0.6) is 0 Å². The highest BCUT2D eigenvalue weighted by atomic mass is 16.3. The van der Waals surface area contributed by atoms with Gasteiger partial charge in [0.25, 0.3) is 0 Å². The highest BCUT2D eigenvalue weighted by molar-refractivity contribution is 6.34. The summed E-state index contributed by atoms with van der Waals surface area (Å²) in [7, 11) is 0. The van der Waals surface area contributed by atoms with Gasteiger partial charge >= 0.3 is 0 Å². The molecule has 0 saturated heterocycles. The number of aromatic nitrogens is 3. The van der Waals surface area contributed by atoms with Gasteiger partial charge in [-0.05, 0) is 57.6 Å². The van der Waals surface area contributed by atoms with Crippen molar-refractivity contribution < 1.29 is 4.42 Å². The molecular weight excluding hydrogens is 747 g/mol. The summed E-state index contributed by atoms with van der Waals surface area (Å²) in [5.41, 5.74) is 10.5. The van der Waals surface area contributed by atoms with Crippen LogP contribution in [-0.2, 0) is 0 Å². The van der Waals surface area contributed by atoms with E-state index in [0.717, 1.165) is 104 Å². The van der Waals surface area contributed by atoms with Crippen molar-refractivity contribution in [2.24, 2.45) is 0 Å². The summed E-state index contributed by atoms with van der Waals surface area (Å²) in [5, 5.41) is 22.4. The van der Waals surface area contributed by atoms with Crippen molar-refractivity contribution in [3.63, 3.8) is 0 Å². The van der Waals surface area contributed by atoms with E-state index in [1.54, 1.807) is 0 Å². The van der Waals surface area contributed by atoms with Crippen LogP contribution in [0.4, 0.5) is 5.69 Å².